The fourth-order valence-corrected chi connectivity index (χ4v) is 5.77. The Balaban J connectivity index is 1.79. The maximum atomic E-state index is 13.7. The minimum atomic E-state index is -4.38. The molecule has 0 amide bonds. The summed E-state index contributed by atoms with van der Waals surface area (Å²) in [6, 6.07) is 16.6. The van der Waals surface area contributed by atoms with Crippen molar-refractivity contribution in [2.75, 3.05) is 11.0 Å². The number of anilines is 1. The molecule has 0 radical (unpaired) electrons. The quantitative estimate of drug-likeness (QED) is 0.457. The lowest BCUT2D eigenvalue weighted by Gasteiger charge is -2.12. The van der Waals surface area contributed by atoms with Gasteiger partial charge in [0.05, 0.1) is 16.1 Å². The molecule has 4 rings (SSSR count). The number of rotatable bonds is 5. The van der Waals surface area contributed by atoms with Gasteiger partial charge in [0.15, 0.2) is 9.84 Å². The lowest BCUT2D eigenvalue weighted by Crippen LogP contribution is -2.17. The highest BCUT2D eigenvalue weighted by atomic mass is 32.2. The van der Waals surface area contributed by atoms with E-state index in [9.17, 15) is 21.2 Å². The van der Waals surface area contributed by atoms with Crippen molar-refractivity contribution in [1.29, 1.82) is 0 Å². The van der Waals surface area contributed by atoms with Gasteiger partial charge in [0.25, 0.3) is 10.0 Å². The molecule has 154 valence electrons. The van der Waals surface area contributed by atoms with E-state index in [4.69, 9.17) is 0 Å². The molecule has 3 aromatic carbocycles. The lowest BCUT2D eigenvalue weighted by molar-refractivity contribution is 0.581. The number of hydrogen-bond donors (Lipinski definition) is 2. The number of nitrogens with one attached hydrogen (secondary N) is 2. The van der Waals surface area contributed by atoms with Gasteiger partial charge in [-0.1, -0.05) is 30.3 Å². The molecule has 4 aromatic rings. The molecule has 10 heteroatoms. The van der Waals surface area contributed by atoms with Crippen LogP contribution in [0.4, 0.5) is 10.1 Å². The normalized spacial score (nSPS) is 12.2. The van der Waals surface area contributed by atoms with Gasteiger partial charge in [0.1, 0.15) is 10.7 Å². The minimum absolute atomic E-state index is 0.185. The van der Waals surface area contributed by atoms with Crippen LogP contribution in [0.25, 0.3) is 22.2 Å². The number of sulfonamides is 1. The zero-order valence-electron chi connectivity index (χ0n) is 15.6. The number of aromatic amines is 1. The van der Waals surface area contributed by atoms with Crippen molar-refractivity contribution >= 4 is 36.5 Å². The summed E-state index contributed by atoms with van der Waals surface area (Å²) in [6.07, 6.45) is 0.864. The van der Waals surface area contributed by atoms with Gasteiger partial charge in [-0.25, -0.2) is 21.2 Å². The number of nitrogens with zero attached hydrogens (tertiary/aromatic N) is 1. The number of H-pyrrole nitrogens is 1. The van der Waals surface area contributed by atoms with Crippen molar-refractivity contribution in [2.45, 2.75) is 9.79 Å². The molecule has 2 N–H and O–H groups in total. The van der Waals surface area contributed by atoms with Crippen LogP contribution < -0.4 is 4.72 Å². The molecule has 0 bridgehead atoms. The van der Waals surface area contributed by atoms with E-state index < -0.39 is 35.5 Å². The zero-order valence-corrected chi connectivity index (χ0v) is 17.3. The van der Waals surface area contributed by atoms with Gasteiger partial charge >= 0.3 is 0 Å². The summed E-state index contributed by atoms with van der Waals surface area (Å²) >= 11 is 0. The maximum absolute atomic E-state index is 13.7. The van der Waals surface area contributed by atoms with E-state index in [0.717, 1.165) is 24.0 Å². The van der Waals surface area contributed by atoms with Crippen LogP contribution in [-0.2, 0) is 19.9 Å². The Kier molecular flexibility index (Phi) is 4.83. The second-order valence-corrected chi connectivity index (χ2v) is 10.3. The van der Waals surface area contributed by atoms with Gasteiger partial charge in [-0.3, -0.25) is 9.82 Å². The SMILES string of the molecule is CS(=O)(=O)c1ccc(F)cc1S(=O)(=O)Nc1ccc2[nH]nc(-c3ccccc3)c2c1. The highest BCUT2D eigenvalue weighted by molar-refractivity contribution is 7.95. The smallest absolute Gasteiger partial charge is 0.263 e. The van der Waals surface area contributed by atoms with E-state index in [2.05, 4.69) is 14.9 Å². The predicted octanol–water partition coefficient (Wildman–Crippen LogP) is 3.57. The van der Waals surface area contributed by atoms with Gasteiger partial charge in [-0.2, -0.15) is 5.10 Å². The second kappa shape index (κ2) is 7.22. The Hall–Kier alpha value is -3.24. The summed E-state index contributed by atoms with van der Waals surface area (Å²) in [5, 5.41) is 7.85. The first-order chi connectivity index (χ1) is 14.1. The first-order valence-corrected chi connectivity index (χ1v) is 12.1. The predicted molar refractivity (Wildman–Crippen MR) is 112 cm³/mol. The first-order valence-electron chi connectivity index (χ1n) is 8.71. The largest absolute Gasteiger partial charge is 0.280 e. The molecule has 0 aliphatic rings. The summed E-state index contributed by atoms with van der Waals surface area (Å²) in [6.45, 7) is 0. The molecule has 0 unspecified atom stereocenters. The maximum Gasteiger partial charge on any atom is 0.263 e. The average molecular weight is 445 g/mol. The van der Waals surface area contributed by atoms with E-state index in [1.165, 1.54) is 6.07 Å². The fourth-order valence-electron chi connectivity index (χ4n) is 3.10. The zero-order chi connectivity index (χ0) is 21.5. The summed E-state index contributed by atoms with van der Waals surface area (Å²) in [5.74, 6) is -0.862. The highest BCUT2D eigenvalue weighted by Gasteiger charge is 2.25. The number of fused-ring (bicyclic) bond motifs is 1. The standard InChI is InChI=1S/C20H16FN3O4S2/c1-29(25,26)18-10-7-14(21)11-19(18)30(27,28)24-15-8-9-17-16(12-15)20(23-22-17)13-5-3-2-4-6-13/h2-12,24H,1H3,(H,22,23). The van der Waals surface area contributed by atoms with Crippen LogP contribution in [0.1, 0.15) is 0 Å². The summed E-state index contributed by atoms with van der Waals surface area (Å²) < 4.78 is 65.8. The molecule has 1 heterocycles. The molecular weight excluding hydrogens is 429 g/mol. The Morgan fingerprint density at radius 3 is 2.33 bits per heavy atom. The van der Waals surface area contributed by atoms with Gasteiger partial charge in [-0.15, -0.1) is 0 Å². The molecule has 0 atom stereocenters. The van der Waals surface area contributed by atoms with Crippen molar-refractivity contribution in [3.63, 3.8) is 0 Å². The van der Waals surface area contributed by atoms with E-state index in [0.29, 0.717) is 22.7 Å². The Bertz CT molecular complexity index is 1460. The number of aromatic nitrogens is 2. The van der Waals surface area contributed by atoms with Crippen LogP contribution in [0, 0.1) is 5.82 Å². The van der Waals surface area contributed by atoms with Crippen LogP contribution in [0.3, 0.4) is 0 Å². The van der Waals surface area contributed by atoms with Gasteiger partial charge in [0.2, 0.25) is 0 Å². The van der Waals surface area contributed by atoms with E-state index >= 15 is 0 Å². The van der Waals surface area contributed by atoms with Gasteiger partial charge in [-0.05, 0) is 36.4 Å². The monoisotopic (exact) mass is 445 g/mol. The second-order valence-electron chi connectivity index (χ2n) is 6.67. The third kappa shape index (κ3) is 3.79. The molecule has 0 saturated heterocycles. The molecule has 0 saturated carbocycles. The Morgan fingerprint density at radius 2 is 1.63 bits per heavy atom. The number of halogens is 1. The van der Waals surface area contributed by atoms with Crippen molar-refractivity contribution in [3.8, 4) is 11.3 Å². The number of benzene rings is 3. The molecule has 0 spiro atoms. The molecule has 0 aliphatic carbocycles. The van der Waals surface area contributed by atoms with Crippen LogP contribution in [0.15, 0.2) is 76.5 Å². The fraction of sp³-hybridized carbons (Fsp3) is 0.0500. The van der Waals surface area contributed by atoms with E-state index in [1.54, 1.807) is 12.1 Å². The van der Waals surface area contributed by atoms with Crippen LogP contribution in [0.2, 0.25) is 0 Å². The third-order valence-electron chi connectivity index (χ3n) is 4.46. The van der Waals surface area contributed by atoms with Crippen LogP contribution >= 0.6 is 0 Å². The van der Waals surface area contributed by atoms with E-state index in [1.807, 2.05) is 30.3 Å². The topological polar surface area (TPSA) is 109 Å². The van der Waals surface area contributed by atoms with Gasteiger partial charge < -0.3 is 0 Å². The summed E-state index contributed by atoms with van der Waals surface area (Å²) in [7, 11) is -8.27. The Morgan fingerprint density at radius 1 is 0.900 bits per heavy atom. The summed E-state index contributed by atoms with van der Waals surface area (Å²) in [5.41, 5.74) is 2.35. The summed E-state index contributed by atoms with van der Waals surface area (Å²) in [4.78, 5) is -1.13. The lowest BCUT2D eigenvalue weighted by atomic mass is 10.1. The van der Waals surface area contributed by atoms with Crippen molar-refractivity contribution < 1.29 is 21.2 Å². The van der Waals surface area contributed by atoms with Crippen molar-refractivity contribution in [3.05, 3.63) is 72.5 Å². The third-order valence-corrected chi connectivity index (χ3v) is 7.16. The number of hydrogen-bond acceptors (Lipinski definition) is 5. The highest BCUT2D eigenvalue weighted by Crippen LogP contribution is 2.30. The number of sulfone groups is 1. The first kappa shape index (κ1) is 20.0. The molecule has 1 aromatic heterocycles. The van der Waals surface area contributed by atoms with Crippen molar-refractivity contribution in [2.24, 2.45) is 0 Å². The average Bonchev–Trinajstić information content (AvgIpc) is 3.10. The minimum Gasteiger partial charge on any atom is -0.280 e. The molecule has 7 nitrogen and oxygen atoms in total. The molecule has 0 aliphatic heterocycles. The molecule has 0 fully saturated rings. The van der Waals surface area contributed by atoms with Crippen LogP contribution in [0.5, 0.6) is 0 Å². The Labute approximate surface area is 172 Å². The van der Waals surface area contributed by atoms with Crippen LogP contribution in [-0.4, -0.2) is 33.3 Å². The molecule has 30 heavy (non-hydrogen) atoms. The van der Waals surface area contributed by atoms with Crippen molar-refractivity contribution in [1.82, 2.24) is 10.2 Å². The van der Waals surface area contributed by atoms with E-state index in [-0.39, 0.29) is 5.69 Å². The molecular formula is C20H16FN3O4S2. The van der Waals surface area contributed by atoms with Gasteiger partial charge in [0, 0.05) is 22.9 Å².